The lowest BCUT2D eigenvalue weighted by Crippen LogP contribution is -2.23. The van der Waals surface area contributed by atoms with Gasteiger partial charge in [0.25, 0.3) is 0 Å². The normalized spacial score (nSPS) is 18.2. The Labute approximate surface area is 131 Å². The predicted octanol–water partition coefficient (Wildman–Crippen LogP) is 3.04. The molecule has 0 bridgehead atoms. The molecule has 22 heavy (non-hydrogen) atoms. The molecule has 1 aliphatic carbocycles. The van der Waals surface area contributed by atoms with Gasteiger partial charge in [0.05, 0.1) is 0 Å². The van der Waals surface area contributed by atoms with E-state index in [1.165, 1.54) is 24.0 Å². The van der Waals surface area contributed by atoms with Crippen molar-refractivity contribution >= 4 is 0 Å². The molecule has 1 aliphatic heterocycles. The monoisotopic (exact) mass is 298 g/mol. The van der Waals surface area contributed by atoms with Crippen LogP contribution in [0, 0.1) is 5.92 Å². The summed E-state index contributed by atoms with van der Waals surface area (Å²) in [5.74, 6) is 2.50. The van der Waals surface area contributed by atoms with Crippen LogP contribution in [0.3, 0.4) is 0 Å². The minimum absolute atomic E-state index is 0.399. The van der Waals surface area contributed by atoms with E-state index in [1.54, 1.807) is 0 Å². The van der Waals surface area contributed by atoms with Gasteiger partial charge in [-0.15, -0.1) is 0 Å². The van der Waals surface area contributed by atoms with E-state index in [0.717, 1.165) is 24.0 Å². The molecule has 0 saturated heterocycles. The standard InChI is InChI=1S/C18H22N2O2/c1-20-7-6-13(12-20)11-19-18(14-2-3-14)15-4-5-16-17(10-15)22-9-8-21-16/h4-7,10,12,14,18-19H,2-3,8-9,11H2,1H3/t18-/m1/s1. The smallest absolute Gasteiger partial charge is 0.161 e. The van der Waals surface area contributed by atoms with E-state index in [-0.39, 0.29) is 0 Å². The molecule has 2 aliphatic rings. The first-order valence-electron chi connectivity index (χ1n) is 8.03. The number of hydrogen-bond donors (Lipinski definition) is 1. The van der Waals surface area contributed by atoms with Crippen molar-refractivity contribution in [3.05, 3.63) is 47.8 Å². The summed E-state index contributed by atoms with van der Waals surface area (Å²) in [7, 11) is 2.06. The molecule has 0 radical (unpaired) electrons. The number of nitrogens with zero attached hydrogens (tertiary/aromatic N) is 1. The molecule has 0 spiro atoms. The Morgan fingerprint density at radius 2 is 2.00 bits per heavy atom. The second kappa shape index (κ2) is 5.69. The van der Waals surface area contributed by atoms with Gasteiger partial charge in [-0.25, -0.2) is 0 Å². The summed E-state index contributed by atoms with van der Waals surface area (Å²) in [6, 6.07) is 8.93. The molecule has 0 amide bonds. The summed E-state index contributed by atoms with van der Waals surface area (Å²) in [6.07, 6.45) is 6.87. The van der Waals surface area contributed by atoms with Gasteiger partial charge >= 0.3 is 0 Å². The van der Waals surface area contributed by atoms with E-state index >= 15 is 0 Å². The van der Waals surface area contributed by atoms with E-state index in [0.29, 0.717) is 19.3 Å². The fourth-order valence-corrected chi connectivity index (χ4v) is 3.13. The third-order valence-corrected chi connectivity index (χ3v) is 4.44. The first-order valence-corrected chi connectivity index (χ1v) is 8.03. The van der Waals surface area contributed by atoms with Crippen LogP contribution in [0.25, 0.3) is 0 Å². The van der Waals surface area contributed by atoms with Crippen molar-refractivity contribution in [1.29, 1.82) is 0 Å². The molecule has 1 atom stereocenters. The number of fused-ring (bicyclic) bond motifs is 1. The summed E-state index contributed by atoms with van der Waals surface area (Å²) < 4.78 is 13.4. The van der Waals surface area contributed by atoms with Crippen molar-refractivity contribution < 1.29 is 9.47 Å². The summed E-state index contributed by atoms with van der Waals surface area (Å²) >= 11 is 0. The SMILES string of the molecule is Cn1ccc(CN[C@@H](c2ccc3c(c2)OCCO3)C2CC2)c1. The number of rotatable bonds is 5. The summed E-state index contributed by atoms with van der Waals surface area (Å²) in [5, 5.41) is 3.72. The van der Waals surface area contributed by atoms with Crippen LogP contribution in [0.5, 0.6) is 11.5 Å². The molecule has 1 aromatic heterocycles. The highest BCUT2D eigenvalue weighted by Crippen LogP contribution is 2.43. The van der Waals surface area contributed by atoms with Crippen LogP contribution in [0.4, 0.5) is 0 Å². The highest BCUT2D eigenvalue weighted by Gasteiger charge is 2.32. The Hall–Kier alpha value is -1.94. The Balaban J connectivity index is 1.51. The van der Waals surface area contributed by atoms with E-state index in [4.69, 9.17) is 9.47 Å². The van der Waals surface area contributed by atoms with E-state index in [9.17, 15) is 0 Å². The number of nitrogens with one attached hydrogen (secondary N) is 1. The third kappa shape index (κ3) is 2.83. The Bertz CT molecular complexity index is 661. The van der Waals surface area contributed by atoms with Gasteiger partial charge in [-0.3, -0.25) is 0 Å². The molecule has 1 fully saturated rings. The zero-order valence-electron chi connectivity index (χ0n) is 12.9. The molecule has 4 nitrogen and oxygen atoms in total. The lowest BCUT2D eigenvalue weighted by atomic mass is 10.0. The molecular weight excluding hydrogens is 276 g/mol. The van der Waals surface area contributed by atoms with Crippen LogP contribution in [-0.4, -0.2) is 17.8 Å². The second-order valence-corrected chi connectivity index (χ2v) is 6.28. The predicted molar refractivity (Wildman–Crippen MR) is 85.1 cm³/mol. The molecule has 1 saturated carbocycles. The van der Waals surface area contributed by atoms with Crippen molar-refractivity contribution in [2.75, 3.05) is 13.2 Å². The average molecular weight is 298 g/mol. The van der Waals surface area contributed by atoms with Crippen LogP contribution in [0.2, 0.25) is 0 Å². The maximum absolute atomic E-state index is 5.72. The maximum atomic E-state index is 5.72. The third-order valence-electron chi connectivity index (χ3n) is 4.44. The van der Waals surface area contributed by atoms with Crippen LogP contribution in [0.15, 0.2) is 36.7 Å². The van der Waals surface area contributed by atoms with Gasteiger partial charge in [-0.2, -0.15) is 0 Å². The van der Waals surface area contributed by atoms with Gasteiger partial charge in [0, 0.05) is 32.0 Å². The lowest BCUT2D eigenvalue weighted by molar-refractivity contribution is 0.171. The lowest BCUT2D eigenvalue weighted by Gasteiger charge is -2.23. The first kappa shape index (κ1) is 13.7. The Morgan fingerprint density at radius 3 is 2.73 bits per heavy atom. The molecule has 116 valence electrons. The number of ether oxygens (including phenoxy) is 2. The van der Waals surface area contributed by atoms with E-state index in [2.05, 4.69) is 47.5 Å². The first-order chi connectivity index (χ1) is 10.8. The summed E-state index contributed by atoms with van der Waals surface area (Å²) in [6.45, 7) is 2.18. The molecule has 4 rings (SSSR count). The van der Waals surface area contributed by atoms with Crippen LogP contribution < -0.4 is 14.8 Å². The highest BCUT2D eigenvalue weighted by atomic mass is 16.6. The van der Waals surface area contributed by atoms with Crippen LogP contribution >= 0.6 is 0 Å². The molecule has 4 heteroatoms. The average Bonchev–Trinajstić information content (AvgIpc) is 3.29. The topological polar surface area (TPSA) is 35.4 Å². The fourth-order valence-electron chi connectivity index (χ4n) is 3.13. The Kier molecular flexibility index (Phi) is 3.54. The fraction of sp³-hybridized carbons (Fsp3) is 0.444. The molecule has 1 N–H and O–H groups in total. The van der Waals surface area contributed by atoms with Gasteiger partial charge in [0.1, 0.15) is 13.2 Å². The van der Waals surface area contributed by atoms with Gasteiger partial charge in [0.2, 0.25) is 0 Å². The van der Waals surface area contributed by atoms with Gasteiger partial charge < -0.3 is 19.4 Å². The largest absolute Gasteiger partial charge is 0.486 e. The zero-order valence-corrected chi connectivity index (χ0v) is 12.9. The molecule has 2 aromatic rings. The molecular formula is C18H22N2O2. The number of aryl methyl sites for hydroxylation is 1. The van der Waals surface area contributed by atoms with Crippen molar-refractivity contribution in [2.45, 2.75) is 25.4 Å². The second-order valence-electron chi connectivity index (χ2n) is 6.28. The molecule has 1 aromatic carbocycles. The highest BCUT2D eigenvalue weighted by molar-refractivity contribution is 5.45. The van der Waals surface area contributed by atoms with E-state index in [1.807, 2.05) is 6.07 Å². The van der Waals surface area contributed by atoms with Crippen LogP contribution in [0.1, 0.15) is 30.0 Å². The summed E-state index contributed by atoms with van der Waals surface area (Å²) in [5.41, 5.74) is 2.63. The minimum Gasteiger partial charge on any atom is -0.486 e. The van der Waals surface area contributed by atoms with Crippen molar-refractivity contribution in [3.8, 4) is 11.5 Å². The van der Waals surface area contributed by atoms with Gasteiger partial charge in [-0.1, -0.05) is 6.07 Å². The maximum Gasteiger partial charge on any atom is 0.161 e. The van der Waals surface area contributed by atoms with Crippen molar-refractivity contribution in [3.63, 3.8) is 0 Å². The Morgan fingerprint density at radius 1 is 1.18 bits per heavy atom. The van der Waals surface area contributed by atoms with Crippen molar-refractivity contribution in [2.24, 2.45) is 13.0 Å². The van der Waals surface area contributed by atoms with Gasteiger partial charge in [0.15, 0.2) is 11.5 Å². The zero-order chi connectivity index (χ0) is 14.9. The van der Waals surface area contributed by atoms with Crippen LogP contribution in [-0.2, 0) is 13.6 Å². The molecule has 2 heterocycles. The van der Waals surface area contributed by atoms with Crippen molar-refractivity contribution in [1.82, 2.24) is 9.88 Å². The van der Waals surface area contributed by atoms with E-state index < -0.39 is 0 Å². The summed E-state index contributed by atoms with van der Waals surface area (Å²) in [4.78, 5) is 0. The number of aromatic nitrogens is 1. The number of benzene rings is 1. The van der Waals surface area contributed by atoms with Gasteiger partial charge in [-0.05, 0) is 48.1 Å². The number of hydrogen-bond acceptors (Lipinski definition) is 3. The molecule has 0 unspecified atom stereocenters. The minimum atomic E-state index is 0.399. The quantitative estimate of drug-likeness (QED) is 0.921.